The van der Waals surface area contributed by atoms with Gasteiger partial charge in [0.15, 0.2) is 0 Å². The summed E-state index contributed by atoms with van der Waals surface area (Å²) in [7, 11) is 3.91. The number of hydrogen-bond acceptors (Lipinski definition) is 3. The highest BCUT2D eigenvalue weighted by Gasteiger charge is 2.09. The van der Waals surface area contributed by atoms with Crippen LogP contribution in [0.1, 0.15) is 5.56 Å². The monoisotopic (exact) mass is 291 g/mol. The molecule has 0 aliphatic carbocycles. The Morgan fingerprint density at radius 1 is 1.09 bits per heavy atom. The molecule has 0 aliphatic heterocycles. The average molecular weight is 291 g/mol. The van der Waals surface area contributed by atoms with Gasteiger partial charge in [0.1, 0.15) is 11.6 Å². The van der Waals surface area contributed by atoms with Gasteiger partial charge in [-0.1, -0.05) is 30.3 Å². The van der Waals surface area contributed by atoms with Crippen molar-refractivity contribution in [3.8, 4) is 6.07 Å². The first-order valence-electron chi connectivity index (χ1n) is 6.86. The van der Waals surface area contributed by atoms with E-state index in [1.165, 1.54) is 0 Å². The largest absolute Gasteiger partial charge is 0.378 e. The molecule has 0 saturated heterocycles. The van der Waals surface area contributed by atoms with Crippen LogP contribution in [0.15, 0.2) is 60.2 Å². The van der Waals surface area contributed by atoms with Crippen LogP contribution in [-0.4, -0.2) is 20.0 Å². The van der Waals surface area contributed by atoms with Crippen LogP contribution >= 0.6 is 0 Å². The molecule has 1 N–H and O–H groups in total. The summed E-state index contributed by atoms with van der Waals surface area (Å²) in [5.41, 5.74) is 2.60. The third kappa shape index (κ3) is 3.97. The second-order valence-electron chi connectivity index (χ2n) is 4.98. The molecule has 4 heteroatoms. The first kappa shape index (κ1) is 15.3. The van der Waals surface area contributed by atoms with Gasteiger partial charge in [-0.05, 0) is 35.9 Å². The van der Waals surface area contributed by atoms with Gasteiger partial charge in [0.2, 0.25) is 0 Å². The number of rotatable bonds is 4. The van der Waals surface area contributed by atoms with E-state index in [0.717, 1.165) is 11.3 Å². The van der Waals surface area contributed by atoms with Gasteiger partial charge < -0.3 is 10.2 Å². The molecule has 4 nitrogen and oxygen atoms in total. The minimum atomic E-state index is -0.412. The van der Waals surface area contributed by atoms with Crippen LogP contribution in [0.3, 0.4) is 0 Å². The summed E-state index contributed by atoms with van der Waals surface area (Å²) in [5.74, 6) is -0.412. The van der Waals surface area contributed by atoms with E-state index in [-0.39, 0.29) is 5.57 Å². The summed E-state index contributed by atoms with van der Waals surface area (Å²) in [6.45, 7) is 0. The molecule has 0 aliphatic rings. The molecule has 22 heavy (non-hydrogen) atoms. The van der Waals surface area contributed by atoms with E-state index in [2.05, 4.69) is 5.32 Å². The fourth-order valence-corrected chi connectivity index (χ4v) is 1.90. The van der Waals surface area contributed by atoms with Gasteiger partial charge in [0.05, 0.1) is 0 Å². The van der Waals surface area contributed by atoms with E-state index >= 15 is 0 Å². The Balaban J connectivity index is 2.16. The minimum absolute atomic E-state index is 0.0708. The van der Waals surface area contributed by atoms with Gasteiger partial charge in [0.25, 0.3) is 5.91 Å². The SMILES string of the molecule is CN(C)c1ccc(/C=C(/C#N)C(=O)Nc2ccccc2)cc1. The number of nitrogens with zero attached hydrogens (tertiary/aromatic N) is 2. The van der Waals surface area contributed by atoms with Gasteiger partial charge in [0, 0.05) is 25.5 Å². The maximum absolute atomic E-state index is 12.1. The molecule has 0 atom stereocenters. The Morgan fingerprint density at radius 2 is 1.73 bits per heavy atom. The Hall–Kier alpha value is -3.06. The third-order valence-electron chi connectivity index (χ3n) is 3.12. The van der Waals surface area contributed by atoms with E-state index < -0.39 is 5.91 Å². The Bertz CT molecular complexity index is 710. The highest BCUT2D eigenvalue weighted by Crippen LogP contribution is 2.15. The number of amides is 1. The number of carbonyl (C=O) groups is 1. The zero-order valence-electron chi connectivity index (χ0n) is 12.6. The lowest BCUT2D eigenvalue weighted by molar-refractivity contribution is -0.112. The summed E-state index contributed by atoms with van der Waals surface area (Å²) in [5, 5.41) is 11.9. The Morgan fingerprint density at radius 3 is 2.27 bits per heavy atom. The maximum Gasteiger partial charge on any atom is 0.266 e. The number of benzene rings is 2. The van der Waals surface area contributed by atoms with Crippen molar-refractivity contribution in [3.63, 3.8) is 0 Å². The highest BCUT2D eigenvalue weighted by molar-refractivity contribution is 6.09. The maximum atomic E-state index is 12.1. The van der Waals surface area contributed by atoms with Crippen molar-refractivity contribution in [1.29, 1.82) is 5.26 Å². The molecule has 0 radical (unpaired) electrons. The molecular formula is C18H17N3O. The van der Waals surface area contributed by atoms with Crippen LogP contribution < -0.4 is 10.2 Å². The predicted octanol–water partition coefficient (Wildman–Crippen LogP) is 3.30. The van der Waals surface area contributed by atoms with Crippen molar-refractivity contribution in [2.45, 2.75) is 0 Å². The zero-order chi connectivity index (χ0) is 15.9. The van der Waals surface area contributed by atoms with E-state index in [1.807, 2.05) is 67.5 Å². The lowest BCUT2D eigenvalue weighted by Crippen LogP contribution is -2.13. The standard InChI is InChI=1S/C18H17N3O/c1-21(2)17-10-8-14(9-11-17)12-15(13-19)18(22)20-16-6-4-3-5-7-16/h3-12H,1-2H3,(H,20,22)/b15-12-. The quantitative estimate of drug-likeness (QED) is 0.694. The van der Waals surface area contributed by atoms with Gasteiger partial charge in [-0.25, -0.2) is 0 Å². The molecule has 2 rings (SSSR count). The lowest BCUT2D eigenvalue weighted by atomic mass is 10.1. The molecule has 110 valence electrons. The average Bonchev–Trinajstić information content (AvgIpc) is 2.53. The van der Waals surface area contributed by atoms with Crippen molar-refractivity contribution in [1.82, 2.24) is 0 Å². The third-order valence-corrected chi connectivity index (χ3v) is 3.12. The zero-order valence-corrected chi connectivity index (χ0v) is 12.6. The number of nitrogens with one attached hydrogen (secondary N) is 1. The minimum Gasteiger partial charge on any atom is -0.378 e. The van der Waals surface area contributed by atoms with Crippen LogP contribution in [0.25, 0.3) is 6.08 Å². The van der Waals surface area contributed by atoms with E-state index in [0.29, 0.717) is 5.69 Å². The number of para-hydroxylation sites is 1. The van der Waals surface area contributed by atoms with Gasteiger partial charge in [-0.2, -0.15) is 5.26 Å². The number of carbonyl (C=O) groups excluding carboxylic acids is 1. The van der Waals surface area contributed by atoms with Crippen molar-refractivity contribution >= 4 is 23.4 Å². The van der Waals surface area contributed by atoms with Crippen LogP contribution in [0, 0.1) is 11.3 Å². The summed E-state index contributed by atoms with van der Waals surface area (Å²) in [6, 6.07) is 18.6. The molecule has 2 aromatic carbocycles. The molecule has 0 aromatic heterocycles. The first-order valence-corrected chi connectivity index (χ1v) is 6.86. The summed E-state index contributed by atoms with van der Waals surface area (Å²) in [4.78, 5) is 14.1. The molecule has 0 unspecified atom stereocenters. The lowest BCUT2D eigenvalue weighted by Gasteiger charge is -2.11. The van der Waals surface area contributed by atoms with Crippen LogP contribution in [0.5, 0.6) is 0 Å². The predicted molar refractivity (Wildman–Crippen MR) is 89.4 cm³/mol. The normalized spacial score (nSPS) is 10.7. The smallest absolute Gasteiger partial charge is 0.266 e. The Kier molecular flexibility index (Phi) is 4.94. The van der Waals surface area contributed by atoms with E-state index in [4.69, 9.17) is 0 Å². The summed E-state index contributed by atoms with van der Waals surface area (Å²) in [6.07, 6.45) is 1.58. The van der Waals surface area contributed by atoms with Crippen molar-refractivity contribution in [2.75, 3.05) is 24.3 Å². The van der Waals surface area contributed by atoms with Crippen molar-refractivity contribution < 1.29 is 4.79 Å². The molecule has 0 heterocycles. The molecule has 2 aromatic rings. The molecular weight excluding hydrogens is 274 g/mol. The van der Waals surface area contributed by atoms with Gasteiger partial charge >= 0.3 is 0 Å². The number of anilines is 2. The molecule has 0 spiro atoms. The number of nitriles is 1. The van der Waals surface area contributed by atoms with E-state index in [1.54, 1.807) is 18.2 Å². The van der Waals surface area contributed by atoms with Crippen LogP contribution in [0.4, 0.5) is 11.4 Å². The Labute approximate surface area is 130 Å². The van der Waals surface area contributed by atoms with Crippen molar-refractivity contribution in [2.24, 2.45) is 0 Å². The molecule has 1 amide bonds. The highest BCUT2D eigenvalue weighted by atomic mass is 16.1. The summed E-state index contributed by atoms with van der Waals surface area (Å²) >= 11 is 0. The molecule has 0 bridgehead atoms. The van der Waals surface area contributed by atoms with E-state index in [9.17, 15) is 10.1 Å². The fraction of sp³-hybridized carbons (Fsp3) is 0.111. The van der Waals surface area contributed by atoms with Crippen LogP contribution in [-0.2, 0) is 4.79 Å². The van der Waals surface area contributed by atoms with Gasteiger partial charge in [-0.15, -0.1) is 0 Å². The summed E-state index contributed by atoms with van der Waals surface area (Å²) < 4.78 is 0. The number of hydrogen-bond donors (Lipinski definition) is 1. The second-order valence-corrected chi connectivity index (χ2v) is 4.98. The van der Waals surface area contributed by atoms with Crippen molar-refractivity contribution in [3.05, 3.63) is 65.7 Å². The molecule has 0 saturated carbocycles. The van der Waals surface area contributed by atoms with Gasteiger partial charge in [-0.3, -0.25) is 4.79 Å². The van der Waals surface area contributed by atoms with Crippen LogP contribution in [0.2, 0.25) is 0 Å². The molecule has 0 fully saturated rings. The first-order chi connectivity index (χ1) is 10.6. The topological polar surface area (TPSA) is 56.1 Å². The fourth-order valence-electron chi connectivity index (χ4n) is 1.90. The second kappa shape index (κ2) is 7.09.